The first-order valence-corrected chi connectivity index (χ1v) is 6.98. The zero-order valence-corrected chi connectivity index (χ0v) is 11.5. The van der Waals surface area contributed by atoms with Gasteiger partial charge >= 0.3 is 0 Å². The van der Waals surface area contributed by atoms with E-state index in [1.165, 1.54) is 12.1 Å². The van der Waals surface area contributed by atoms with Crippen LogP contribution in [0.1, 0.15) is 18.9 Å². The minimum atomic E-state index is -0.182. The van der Waals surface area contributed by atoms with Crippen molar-refractivity contribution in [2.24, 2.45) is 5.92 Å². The Morgan fingerprint density at radius 2 is 2.05 bits per heavy atom. The topological polar surface area (TPSA) is 35.5 Å². The summed E-state index contributed by atoms with van der Waals surface area (Å²) in [6, 6.07) is 7.18. The van der Waals surface area contributed by atoms with Crippen LogP contribution in [0.4, 0.5) is 4.39 Å². The van der Waals surface area contributed by atoms with Gasteiger partial charge in [0.05, 0.1) is 6.61 Å². The van der Waals surface area contributed by atoms with Gasteiger partial charge < -0.3 is 10.4 Å². The van der Waals surface area contributed by atoms with Crippen molar-refractivity contribution >= 4 is 0 Å². The second-order valence-corrected chi connectivity index (χ2v) is 5.54. The fourth-order valence-electron chi connectivity index (χ4n) is 2.86. The molecule has 0 spiro atoms. The standard InChI is InChI=1S/C15H23FN2O/c1-12-8-15(17-6-7-19)11-18(9-12)10-13-2-4-14(16)5-3-13/h2-5,12,15,17,19H,6-11H2,1H3. The van der Waals surface area contributed by atoms with Crippen molar-refractivity contribution in [3.63, 3.8) is 0 Å². The van der Waals surface area contributed by atoms with E-state index in [2.05, 4.69) is 17.1 Å². The molecule has 0 aliphatic carbocycles. The van der Waals surface area contributed by atoms with Crippen molar-refractivity contribution in [3.05, 3.63) is 35.6 Å². The average molecular weight is 266 g/mol. The quantitative estimate of drug-likeness (QED) is 0.850. The number of rotatable bonds is 5. The third-order valence-electron chi connectivity index (χ3n) is 3.60. The molecule has 1 aliphatic heterocycles. The molecule has 2 unspecified atom stereocenters. The fourth-order valence-corrected chi connectivity index (χ4v) is 2.86. The van der Waals surface area contributed by atoms with Crippen LogP contribution in [0.25, 0.3) is 0 Å². The number of aliphatic hydroxyl groups excluding tert-OH is 1. The summed E-state index contributed by atoms with van der Waals surface area (Å²) < 4.78 is 12.9. The van der Waals surface area contributed by atoms with Crippen LogP contribution in [-0.2, 0) is 6.54 Å². The molecule has 1 aromatic rings. The number of halogens is 1. The lowest BCUT2D eigenvalue weighted by Crippen LogP contribution is -2.48. The highest BCUT2D eigenvalue weighted by atomic mass is 19.1. The van der Waals surface area contributed by atoms with Crippen LogP contribution in [0.2, 0.25) is 0 Å². The Kier molecular flexibility index (Phi) is 5.31. The maximum Gasteiger partial charge on any atom is 0.123 e. The van der Waals surface area contributed by atoms with Crippen LogP contribution in [0.15, 0.2) is 24.3 Å². The molecule has 2 atom stereocenters. The van der Waals surface area contributed by atoms with Crippen molar-refractivity contribution < 1.29 is 9.50 Å². The molecule has 2 rings (SSSR count). The molecule has 1 aromatic carbocycles. The molecule has 19 heavy (non-hydrogen) atoms. The third kappa shape index (κ3) is 4.56. The van der Waals surface area contributed by atoms with Gasteiger partial charge in [-0.15, -0.1) is 0 Å². The van der Waals surface area contributed by atoms with Crippen molar-refractivity contribution in [3.8, 4) is 0 Å². The van der Waals surface area contributed by atoms with Crippen LogP contribution >= 0.6 is 0 Å². The number of likely N-dealkylation sites (tertiary alicyclic amines) is 1. The molecule has 3 nitrogen and oxygen atoms in total. The highest BCUT2D eigenvalue weighted by Gasteiger charge is 2.24. The molecule has 1 aliphatic rings. The largest absolute Gasteiger partial charge is 0.395 e. The van der Waals surface area contributed by atoms with Crippen LogP contribution in [-0.4, -0.2) is 42.3 Å². The Hall–Kier alpha value is -0.970. The molecule has 2 N–H and O–H groups in total. The Morgan fingerprint density at radius 3 is 2.74 bits per heavy atom. The monoisotopic (exact) mass is 266 g/mol. The Balaban J connectivity index is 1.90. The lowest BCUT2D eigenvalue weighted by Gasteiger charge is -2.37. The lowest BCUT2D eigenvalue weighted by atomic mass is 9.95. The van der Waals surface area contributed by atoms with E-state index in [1.54, 1.807) is 0 Å². The number of nitrogens with zero attached hydrogens (tertiary/aromatic N) is 1. The Morgan fingerprint density at radius 1 is 1.32 bits per heavy atom. The summed E-state index contributed by atoms with van der Waals surface area (Å²) in [5.74, 6) is 0.462. The lowest BCUT2D eigenvalue weighted by molar-refractivity contribution is 0.138. The number of hydrogen-bond acceptors (Lipinski definition) is 3. The highest BCUT2D eigenvalue weighted by molar-refractivity contribution is 5.16. The second kappa shape index (κ2) is 6.98. The van der Waals surface area contributed by atoms with E-state index in [4.69, 9.17) is 5.11 Å². The van der Waals surface area contributed by atoms with E-state index in [0.717, 1.165) is 31.6 Å². The van der Waals surface area contributed by atoms with E-state index >= 15 is 0 Å². The maximum atomic E-state index is 12.9. The first-order valence-electron chi connectivity index (χ1n) is 6.98. The number of piperidine rings is 1. The predicted octanol–water partition coefficient (Wildman–Crippen LogP) is 1.62. The SMILES string of the molecule is CC1CC(NCCO)CN(Cc2ccc(F)cc2)C1. The molecule has 1 fully saturated rings. The summed E-state index contributed by atoms with van der Waals surface area (Å²) in [5, 5.41) is 12.3. The van der Waals surface area contributed by atoms with Gasteiger partial charge in [0.25, 0.3) is 0 Å². The number of nitrogens with one attached hydrogen (secondary N) is 1. The van der Waals surface area contributed by atoms with Crippen molar-refractivity contribution in [2.75, 3.05) is 26.2 Å². The van der Waals surface area contributed by atoms with E-state index in [1.807, 2.05) is 12.1 Å². The zero-order chi connectivity index (χ0) is 13.7. The Labute approximate surface area is 114 Å². The molecule has 0 aromatic heterocycles. The predicted molar refractivity (Wildman–Crippen MR) is 74.3 cm³/mol. The molecule has 0 amide bonds. The molecule has 106 valence electrons. The summed E-state index contributed by atoms with van der Waals surface area (Å²) in [7, 11) is 0. The smallest absolute Gasteiger partial charge is 0.123 e. The van der Waals surface area contributed by atoms with Gasteiger partial charge in [0.15, 0.2) is 0 Å². The van der Waals surface area contributed by atoms with Crippen LogP contribution < -0.4 is 5.32 Å². The minimum absolute atomic E-state index is 0.182. The molecule has 0 saturated carbocycles. The van der Waals surface area contributed by atoms with Gasteiger partial charge in [0.2, 0.25) is 0 Å². The fraction of sp³-hybridized carbons (Fsp3) is 0.600. The zero-order valence-electron chi connectivity index (χ0n) is 11.5. The number of hydrogen-bond donors (Lipinski definition) is 2. The van der Waals surface area contributed by atoms with E-state index in [9.17, 15) is 4.39 Å². The molecular formula is C15H23FN2O. The average Bonchev–Trinajstić information content (AvgIpc) is 2.38. The van der Waals surface area contributed by atoms with Crippen LogP contribution in [0.5, 0.6) is 0 Å². The van der Waals surface area contributed by atoms with E-state index in [-0.39, 0.29) is 12.4 Å². The molecule has 4 heteroatoms. The number of benzene rings is 1. The first-order chi connectivity index (χ1) is 9.17. The summed E-state index contributed by atoms with van der Waals surface area (Å²) in [6.07, 6.45) is 1.15. The van der Waals surface area contributed by atoms with Gasteiger partial charge in [-0.1, -0.05) is 19.1 Å². The minimum Gasteiger partial charge on any atom is -0.395 e. The summed E-state index contributed by atoms with van der Waals surface area (Å²) >= 11 is 0. The van der Waals surface area contributed by atoms with Crippen LogP contribution in [0.3, 0.4) is 0 Å². The maximum absolute atomic E-state index is 12.9. The molecule has 0 bridgehead atoms. The van der Waals surface area contributed by atoms with E-state index < -0.39 is 0 Å². The first kappa shape index (κ1) is 14.4. The second-order valence-electron chi connectivity index (χ2n) is 5.54. The van der Waals surface area contributed by atoms with Gasteiger partial charge in [-0.2, -0.15) is 0 Å². The molecule has 0 radical (unpaired) electrons. The van der Waals surface area contributed by atoms with Gasteiger partial charge in [-0.05, 0) is 30.0 Å². The molecular weight excluding hydrogens is 243 g/mol. The Bertz CT molecular complexity index is 382. The third-order valence-corrected chi connectivity index (χ3v) is 3.60. The summed E-state index contributed by atoms with van der Waals surface area (Å²) in [5.41, 5.74) is 1.15. The van der Waals surface area contributed by atoms with Gasteiger partial charge in [0, 0.05) is 32.2 Å². The van der Waals surface area contributed by atoms with Crippen molar-refractivity contribution in [1.82, 2.24) is 10.2 Å². The van der Waals surface area contributed by atoms with Gasteiger partial charge in [-0.25, -0.2) is 4.39 Å². The normalized spacial score (nSPS) is 24.6. The van der Waals surface area contributed by atoms with Gasteiger partial charge in [0.1, 0.15) is 5.82 Å². The van der Waals surface area contributed by atoms with Crippen molar-refractivity contribution in [2.45, 2.75) is 25.9 Å². The summed E-state index contributed by atoms with van der Waals surface area (Å²) in [4.78, 5) is 2.40. The molecule has 1 heterocycles. The van der Waals surface area contributed by atoms with Gasteiger partial charge in [-0.3, -0.25) is 4.90 Å². The number of aliphatic hydroxyl groups is 1. The van der Waals surface area contributed by atoms with Crippen molar-refractivity contribution in [1.29, 1.82) is 0 Å². The highest BCUT2D eigenvalue weighted by Crippen LogP contribution is 2.18. The van der Waals surface area contributed by atoms with Crippen LogP contribution in [0, 0.1) is 11.7 Å². The van der Waals surface area contributed by atoms with E-state index in [0.29, 0.717) is 18.5 Å². The summed E-state index contributed by atoms with van der Waals surface area (Å²) in [6.45, 7) is 6.02. The molecule has 1 saturated heterocycles.